The first-order chi connectivity index (χ1) is 11.8. The molecular formula is C19H20N4O. The second kappa shape index (κ2) is 6.35. The van der Waals surface area contributed by atoms with Crippen LogP contribution in [0, 0.1) is 0 Å². The lowest BCUT2D eigenvalue weighted by molar-refractivity contribution is 0.0951. The van der Waals surface area contributed by atoms with Crippen molar-refractivity contribution in [3.8, 4) is 5.69 Å². The Morgan fingerprint density at radius 2 is 1.92 bits per heavy atom. The highest BCUT2D eigenvalue weighted by atomic mass is 16.1. The van der Waals surface area contributed by atoms with E-state index in [1.54, 1.807) is 0 Å². The number of fused-ring (bicyclic) bond motifs is 1. The van der Waals surface area contributed by atoms with Gasteiger partial charge in [-0.15, -0.1) is 0 Å². The summed E-state index contributed by atoms with van der Waals surface area (Å²) >= 11 is 0. The van der Waals surface area contributed by atoms with Gasteiger partial charge in [-0.25, -0.2) is 0 Å². The van der Waals surface area contributed by atoms with Crippen LogP contribution in [0.2, 0.25) is 0 Å². The largest absolute Gasteiger partial charge is 0.348 e. The van der Waals surface area contributed by atoms with E-state index in [0.717, 1.165) is 24.2 Å². The minimum absolute atomic E-state index is 0.0511. The third-order valence-corrected chi connectivity index (χ3v) is 4.54. The summed E-state index contributed by atoms with van der Waals surface area (Å²) in [6.45, 7) is 1.53. The van der Waals surface area contributed by atoms with Gasteiger partial charge in [0.2, 0.25) is 0 Å². The zero-order chi connectivity index (χ0) is 16.4. The van der Waals surface area contributed by atoms with Crippen LogP contribution in [0.15, 0.2) is 55.0 Å². The average molecular weight is 320 g/mol. The predicted molar refractivity (Wildman–Crippen MR) is 92.1 cm³/mol. The first-order valence-electron chi connectivity index (χ1n) is 8.36. The van der Waals surface area contributed by atoms with Crippen LogP contribution in [0.1, 0.15) is 34.5 Å². The molecule has 0 saturated carbocycles. The lowest BCUT2D eigenvalue weighted by Gasteiger charge is -2.15. The monoisotopic (exact) mass is 320 g/mol. The molecule has 122 valence electrons. The smallest absolute Gasteiger partial charge is 0.251 e. The molecular weight excluding hydrogens is 300 g/mol. The van der Waals surface area contributed by atoms with Crippen LogP contribution in [-0.4, -0.2) is 20.3 Å². The van der Waals surface area contributed by atoms with Gasteiger partial charge in [0, 0.05) is 48.0 Å². The highest BCUT2D eigenvalue weighted by molar-refractivity contribution is 5.94. The number of hydrogen-bond donors (Lipinski definition) is 1. The van der Waals surface area contributed by atoms with Gasteiger partial charge < -0.3 is 9.88 Å². The number of hydrogen-bond acceptors (Lipinski definition) is 2. The molecule has 1 N–H and O–H groups in total. The van der Waals surface area contributed by atoms with E-state index in [9.17, 15) is 4.79 Å². The van der Waals surface area contributed by atoms with Gasteiger partial charge in [0.25, 0.3) is 5.91 Å². The van der Waals surface area contributed by atoms with Crippen molar-refractivity contribution in [1.82, 2.24) is 19.7 Å². The minimum atomic E-state index is -0.0511. The molecule has 3 heterocycles. The van der Waals surface area contributed by atoms with Gasteiger partial charge in [-0.05, 0) is 55.7 Å². The second-order valence-corrected chi connectivity index (χ2v) is 6.12. The molecule has 0 aliphatic carbocycles. The Balaban J connectivity index is 1.42. The molecule has 24 heavy (non-hydrogen) atoms. The molecule has 1 aromatic carbocycles. The van der Waals surface area contributed by atoms with Crippen molar-refractivity contribution < 1.29 is 4.79 Å². The molecule has 0 bridgehead atoms. The third-order valence-electron chi connectivity index (χ3n) is 4.54. The summed E-state index contributed by atoms with van der Waals surface area (Å²) < 4.78 is 4.08. The zero-order valence-corrected chi connectivity index (χ0v) is 13.5. The number of aryl methyl sites for hydroxylation is 1. The molecule has 2 aromatic heterocycles. The van der Waals surface area contributed by atoms with Crippen molar-refractivity contribution in [2.75, 3.05) is 0 Å². The van der Waals surface area contributed by atoms with Crippen LogP contribution in [0.4, 0.5) is 0 Å². The lowest BCUT2D eigenvalue weighted by Crippen LogP contribution is -2.23. The number of amides is 1. The van der Waals surface area contributed by atoms with Gasteiger partial charge in [0.1, 0.15) is 0 Å². The SMILES string of the molecule is O=C(NCc1cnn2c1CCCC2)c1ccc(-n2cccc2)cc1. The second-order valence-electron chi connectivity index (χ2n) is 6.12. The van der Waals surface area contributed by atoms with Crippen molar-refractivity contribution >= 4 is 5.91 Å². The Hall–Kier alpha value is -2.82. The summed E-state index contributed by atoms with van der Waals surface area (Å²) in [6, 6.07) is 11.6. The lowest BCUT2D eigenvalue weighted by atomic mass is 10.1. The topological polar surface area (TPSA) is 51.9 Å². The number of aromatic nitrogens is 3. The molecule has 0 radical (unpaired) electrons. The summed E-state index contributed by atoms with van der Waals surface area (Å²) in [5, 5.41) is 7.42. The first-order valence-corrected chi connectivity index (χ1v) is 8.36. The molecule has 4 rings (SSSR count). The Bertz CT molecular complexity index is 831. The fourth-order valence-corrected chi connectivity index (χ4v) is 3.20. The Morgan fingerprint density at radius 3 is 2.71 bits per heavy atom. The van der Waals surface area contributed by atoms with Crippen LogP contribution < -0.4 is 5.32 Å². The van der Waals surface area contributed by atoms with E-state index >= 15 is 0 Å². The summed E-state index contributed by atoms with van der Waals surface area (Å²) in [7, 11) is 0. The Morgan fingerprint density at radius 1 is 1.12 bits per heavy atom. The van der Waals surface area contributed by atoms with Crippen molar-refractivity contribution in [2.45, 2.75) is 32.4 Å². The maximum Gasteiger partial charge on any atom is 0.251 e. The van der Waals surface area contributed by atoms with E-state index in [-0.39, 0.29) is 5.91 Å². The van der Waals surface area contributed by atoms with Crippen LogP contribution in [0.25, 0.3) is 5.69 Å². The standard InChI is InChI=1S/C19H20N4O/c24-19(15-6-8-17(9-7-15)22-10-3-4-11-22)20-13-16-14-21-23-12-2-1-5-18(16)23/h3-4,6-11,14H,1-2,5,12-13H2,(H,20,24). The summed E-state index contributed by atoms with van der Waals surface area (Å²) in [5.41, 5.74) is 4.12. The fraction of sp³-hybridized carbons (Fsp3) is 0.263. The molecule has 5 heteroatoms. The molecule has 5 nitrogen and oxygen atoms in total. The molecule has 1 aliphatic heterocycles. The van der Waals surface area contributed by atoms with Crippen molar-refractivity contribution in [3.63, 3.8) is 0 Å². The van der Waals surface area contributed by atoms with Gasteiger partial charge >= 0.3 is 0 Å². The number of nitrogens with zero attached hydrogens (tertiary/aromatic N) is 3. The molecule has 3 aromatic rings. The van der Waals surface area contributed by atoms with Crippen LogP contribution >= 0.6 is 0 Å². The quantitative estimate of drug-likeness (QED) is 0.803. The average Bonchev–Trinajstić information content (AvgIpc) is 3.30. The van der Waals surface area contributed by atoms with Crippen molar-refractivity contribution in [3.05, 3.63) is 71.8 Å². The van der Waals surface area contributed by atoms with Crippen LogP contribution in [0.3, 0.4) is 0 Å². The highest BCUT2D eigenvalue weighted by Crippen LogP contribution is 2.18. The molecule has 1 amide bonds. The first kappa shape index (κ1) is 14.8. The molecule has 0 saturated heterocycles. The normalized spacial score (nSPS) is 13.5. The van der Waals surface area contributed by atoms with Gasteiger partial charge in [-0.2, -0.15) is 5.10 Å². The number of rotatable bonds is 4. The maximum absolute atomic E-state index is 12.4. The third kappa shape index (κ3) is 2.85. The van der Waals surface area contributed by atoms with E-state index in [2.05, 4.69) is 15.1 Å². The van der Waals surface area contributed by atoms with Gasteiger partial charge in [-0.1, -0.05) is 0 Å². The van der Waals surface area contributed by atoms with Gasteiger partial charge in [-0.3, -0.25) is 9.48 Å². The summed E-state index contributed by atoms with van der Waals surface area (Å²) in [5.74, 6) is -0.0511. The van der Waals surface area contributed by atoms with Gasteiger partial charge in [0.05, 0.1) is 6.20 Å². The molecule has 0 spiro atoms. The summed E-state index contributed by atoms with van der Waals surface area (Å²) in [6.07, 6.45) is 9.30. The number of nitrogens with one attached hydrogen (secondary N) is 1. The number of carbonyl (C=O) groups is 1. The highest BCUT2D eigenvalue weighted by Gasteiger charge is 2.15. The van der Waals surface area contributed by atoms with Gasteiger partial charge in [0.15, 0.2) is 0 Å². The van der Waals surface area contributed by atoms with E-state index < -0.39 is 0 Å². The zero-order valence-electron chi connectivity index (χ0n) is 13.5. The minimum Gasteiger partial charge on any atom is -0.348 e. The molecule has 0 atom stereocenters. The molecule has 1 aliphatic rings. The fourth-order valence-electron chi connectivity index (χ4n) is 3.20. The van der Waals surface area contributed by atoms with Crippen LogP contribution in [0.5, 0.6) is 0 Å². The van der Waals surface area contributed by atoms with E-state index in [1.807, 2.05) is 59.6 Å². The van der Waals surface area contributed by atoms with Crippen molar-refractivity contribution in [1.29, 1.82) is 0 Å². The van der Waals surface area contributed by atoms with E-state index in [1.165, 1.54) is 18.5 Å². The number of benzene rings is 1. The number of carbonyl (C=O) groups excluding carboxylic acids is 1. The van der Waals surface area contributed by atoms with E-state index in [4.69, 9.17) is 0 Å². The molecule has 0 fully saturated rings. The predicted octanol–water partition coefficient (Wildman–Crippen LogP) is 2.94. The Kier molecular flexibility index (Phi) is 3.91. The Labute approximate surface area is 140 Å². The van der Waals surface area contributed by atoms with Crippen LogP contribution in [-0.2, 0) is 19.5 Å². The maximum atomic E-state index is 12.4. The molecule has 0 unspecified atom stereocenters. The van der Waals surface area contributed by atoms with E-state index in [0.29, 0.717) is 12.1 Å². The summed E-state index contributed by atoms with van der Waals surface area (Å²) in [4.78, 5) is 12.4. The van der Waals surface area contributed by atoms with Crippen molar-refractivity contribution in [2.24, 2.45) is 0 Å².